The molecule has 0 aliphatic carbocycles. The molecule has 66 valence electrons. The zero-order valence-electron chi connectivity index (χ0n) is 8.26. The van der Waals surface area contributed by atoms with E-state index in [-0.39, 0.29) is 0 Å². The van der Waals surface area contributed by atoms with Crippen LogP contribution >= 0.6 is 0 Å². The lowest BCUT2D eigenvalue weighted by atomic mass is 9.92. The summed E-state index contributed by atoms with van der Waals surface area (Å²) in [6.07, 6.45) is 0.524. The molecule has 2 nitrogen and oxygen atoms in total. The van der Waals surface area contributed by atoms with Gasteiger partial charge in [-0.1, -0.05) is 6.92 Å². The van der Waals surface area contributed by atoms with Crippen LogP contribution in [-0.4, -0.2) is 30.2 Å². The number of nitrogens with one attached hydrogen (secondary N) is 1. The summed E-state index contributed by atoms with van der Waals surface area (Å²) in [6, 6.07) is 1.34. The Hall–Kier alpha value is -0.0800. The Morgan fingerprint density at radius 1 is 1.09 bits per heavy atom. The van der Waals surface area contributed by atoms with E-state index in [1.165, 1.54) is 0 Å². The van der Waals surface area contributed by atoms with Crippen LogP contribution in [0.3, 0.4) is 0 Å². The summed E-state index contributed by atoms with van der Waals surface area (Å²) in [5, 5.41) is 3.54. The van der Waals surface area contributed by atoms with Crippen LogP contribution in [0.4, 0.5) is 0 Å². The van der Waals surface area contributed by atoms with Crippen LogP contribution in [0.2, 0.25) is 0 Å². The highest BCUT2D eigenvalue weighted by Gasteiger charge is 2.30. The molecule has 4 unspecified atom stereocenters. The first kappa shape index (κ1) is 9.01. The summed E-state index contributed by atoms with van der Waals surface area (Å²) in [5.41, 5.74) is 0. The molecule has 11 heavy (non-hydrogen) atoms. The zero-order chi connectivity index (χ0) is 8.59. The summed E-state index contributed by atoms with van der Waals surface area (Å²) >= 11 is 0. The predicted molar refractivity (Wildman–Crippen MR) is 48.4 cm³/mol. The van der Waals surface area contributed by atoms with Crippen molar-refractivity contribution in [2.45, 2.75) is 45.9 Å². The number of hydrogen-bond acceptors (Lipinski definition) is 2. The first-order valence-electron chi connectivity index (χ1n) is 4.52. The maximum atomic E-state index is 3.54. The van der Waals surface area contributed by atoms with Crippen LogP contribution in [0.1, 0.15) is 27.7 Å². The van der Waals surface area contributed by atoms with Gasteiger partial charge in [0.1, 0.15) is 0 Å². The topological polar surface area (TPSA) is 15.3 Å². The average Bonchev–Trinajstić information content (AvgIpc) is 1.97. The van der Waals surface area contributed by atoms with E-state index in [0.29, 0.717) is 18.2 Å². The molecule has 0 radical (unpaired) electrons. The van der Waals surface area contributed by atoms with Crippen LogP contribution in [0.25, 0.3) is 0 Å². The van der Waals surface area contributed by atoms with Gasteiger partial charge in [0, 0.05) is 12.1 Å². The van der Waals surface area contributed by atoms with Gasteiger partial charge in [-0.25, -0.2) is 0 Å². The van der Waals surface area contributed by atoms with Crippen molar-refractivity contribution in [2.75, 3.05) is 7.05 Å². The van der Waals surface area contributed by atoms with E-state index in [0.717, 1.165) is 5.92 Å². The third kappa shape index (κ3) is 1.57. The molecule has 4 atom stereocenters. The highest BCUT2D eigenvalue weighted by Crippen LogP contribution is 2.20. The standard InChI is InChI=1S/C9H20N2/c1-6-7(2)10-9(4)11(5)8(6)3/h6-10H,1-5H3. The molecule has 0 bridgehead atoms. The van der Waals surface area contributed by atoms with Crippen molar-refractivity contribution in [3.63, 3.8) is 0 Å². The van der Waals surface area contributed by atoms with E-state index in [4.69, 9.17) is 0 Å². The molecule has 1 fully saturated rings. The second-order valence-corrected chi connectivity index (χ2v) is 3.90. The summed E-state index contributed by atoms with van der Waals surface area (Å²) in [4.78, 5) is 2.39. The van der Waals surface area contributed by atoms with Crippen molar-refractivity contribution in [1.82, 2.24) is 10.2 Å². The van der Waals surface area contributed by atoms with Gasteiger partial charge in [-0.2, -0.15) is 0 Å². The van der Waals surface area contributed by atoms with E-state index in [9.17, 15) is 0 Å². The minimum atomic E-state index is 0.524. The molecule has 1 N–H and O–H groups in total. The molecule has 2 heteroatoms. The average molecular weight is 156 g/mol. The van der Waals surface area contributed by atoms with Crippen molar-refractivity contribution in [3.8, 4) is 0 Å². The molecular formula is C9H20N2. The molecule has 0 aromatic heterocycles. The van der Waals surface area contributed by atoms with Crippen LogP contribution < -0.4 is 5.32 Å². The first-order valence-corrected chi connectivity index (χ1v) is 4.52. The minimum absolute atomic E-state index is 0.524. The quantitative estimate of drug-likeness (QED) is 0.568. The third-order valence-electron chi connectivity index (χ3n) is 3.31. The predicted octanol–water partition coefficient (Wildman–Crippen LogP) is 1.28. The number of rotatable bonds is 0. The molecule has 0 aromatic rings. The van der Waals surface area contributed by atoms with Crippen molar-refractivity contribution < 1.29 is 0 Å². The Labute approximate surface area is 70.0 Å². The maximum Gasteiger partial charge on any atom is 0.0570 e. The van der Waals surface area contributed by atoms with Gasteiger partial charge in [0.2, 0.25) is 0 Å². The molecular weight excluding hydrogens is 136 g/mol. The monoisotopic (exact) mass is 156 g/mol. The van der Waals surface area contributed by atoms with Gasteiger partial charge in [-0.3, -0.25) is 10.2 Å². The fourth-order valence-corrected chi connectivity index (χ4v) is 1.79. The summed E-state index contributed by atoms with van der Waals surface area (Å²) in [7, 11) is 2.19. The van der Waals surface area contributed by atoms with E-state index >= 15 is 0 Å². The first-order chi connectivity index (χ1) is 5.04. The van der Waals surface area contributed by atoms with Crippen molar-refractivity contribution >= 4 is 0 Å². The molecule has 0 aromatic carbocycles. The van der Waals surface area contributed by atoms with Crippen molar-refractivity contribution in [2.24, 2.45) is 5.92 Å². The minimum Gasteiger partial charge on any atom is -0.299 e. The molecule has 0 saturated carbocycles. The van der Waals surface area contributed by atoms with Crippen LogP contribution in [-0.2, 0) is 0 Å². The van der Waals surface area contributed by atoms with Gasteiger partial charge in [-0.15, -0.1) is 0 Å². The molecule has 1 rings (SSSR count). The maximum absolute atomic E-state index is 3.54. The van der Waals surface area contributed by atoms with Crippen molar-refractivity contribution in [1.29, 1.82) is 0 Å². The number of hydrogen-bond donors (Lipinski definition) is 1. The Morgan fingerprint density at radius 2 is 1.64 bits per heavy atom. The lowest BCUT2D eigenvalue weighted by Crippen LogP contribution is -2.59. The fourth-order valence-electron chi connectivity index (χ4n) is 1.79. The molecule has 1 aliphatic heterocycles. The fraction of sp³-hybridized carbons (Fsp3) is 1.00. The molecule has 1 saturated heterocycles. The zero-order valence-corrected chi connectivity index (χ0v) is 8.26. The van der Waals surface area contributed by atoms with Crippen LogP contribution in [0.5, 0.6) is 0 Å². The van der Waals surface area contributed by atoms with E-state index in [2.05, 4.69) is 45.0 Å². The Morgan fingerprint density at radius 3 is 2.18 bits per heavy atom. The summed E-state index contributed by atoms with van der Waals surface area (Å²) in [6.45, 7) is 9.10. The van der Waals surface area contributed by atoms with Gasteiger partial charge in [0.25, 0.3) is 0 Å². The SMILES string of the molecule is CC1NC(C)N(C)C(C)C1C. The van der Waals surface area contributed by atoms with Crippen LogP contribution in [0, 0.1) is 5.92 Å². The van der Waals surface area contributed by atoms with Crippen LogP contribution in [0.15, 0.2) is 0 Å². The van der Waals surface area contributed by atoms with Gasteiger partial charge in [0.15, 0.2) is 0 Å². The van der Waals surface area contributed by atoms with Crippen molar-refractivity contribution in [3.05, 3.63) is 0 Å². The molecule has 1 aliphatic rings. The highest BCUT2D eigenvalue weighted by molar-refractivity contribution is 4.86. The Balaban J connectivity index is 2.63. The van der Waals surface area contributed by atoms with Gasteiger partial charge in [-0.05, 0) is 33.7 Å². The van der Waals surface area contributed by atoms with Gasteiger partial charge >= 0.3 is 0 Å². The van der Waals surface area contributed by atoms with E-state index in [1.807, 2.05) is 0 Å². The molecule has 1 heterocycles. The van der Waals surface area contributed by atoms with Gasteiger partial charge < -0.3 is 0 Å². The number of nitrogens with zero attached hydrogens (tertiary/aromatic N) is 1. The lowest BCUT2D eigenvalue weighted by molar-refractivity contribution is 0.0532. The highest BCUT2D eigenvalue weighted by atomic mass is 15.3. The molecule has 0 amide bonds. The smallest absolute Gasteiger partial charge is 0.0570 e. The van der Waals surface area contributed by atoms with Gasteiger partial charge in [0.05, 0.1) is 6.17 Å². The Bertz CT molecular complexity index is 122. The van der Waals surface area contributed by atoms with E-state index in [1.54, 1.807) is 0 Å². The second kappa shape index (κ2) is 3.11. The second-order valence-electron chi connectivity index (χ2n) is 3.90. The Kier molecular flexibility index (Phi) is 2.55. The third-order valence-corrected chi connectivity index (χ3v) is 3.31. The molecule has 0 spiro atoms. The largest absolute Gasteiger partial charge is 0.299 e. The summed E-state index contributed by atoms with van der Waals surface area (Å²) < 4.78 is 0. The normalized spacial score (nSPS) is 47.7. The summed E-state index contributed by atoms with van der Waals surface area (Å²) in [5.74, 6) is 0.746. The van der Waals surface area contributed by atoms with E-state index < -0.39 is 0 Å². The lowest BCUT2D eigenvalue weighted by Gasteiger charge is -2.44.